The van der Waals surface area contributed by atoms with Gasteiger partial charge in [-0.3, -0.25) is 0 Å². The Morgan fingerprint density at radius 3 is 2.37 bits per heavy atom. The Bertz CT molecular complexity index is 517. The van der Waals surface area contributed by atoms with Crippen molar-refractivity contribution in [1.29, 1.82) is 0 Å². The summed E-state index contributed by atoms with van der Waals surface area (Å²) >= 11 is 0. The summed E-state index contributed by atoms with van der Waals surface area (Å²) in [5.41, 5.74) is 3.58. The molecule has 0 bridgehead atoms. The lowest BCUT2D eigenvalue weighted by atomic mass is 10.2. The van der Waals surface area contributed by atoms with Crippen molar-refractivity contribution >= 4 is 5.69 Å². The minimum absolute atomic E-state index is 0.195. The fourth-order valence-electron chi connectivity index (χ4n) is 1.89. The third-order valence-electron chi connectivity index (χ3n) is 2.87. The highest BCUT2D eigenvalue weighted by molar-refractivity contribution is 5.46. The number of hydrogen-bond donors (Lipinski definition) is 1. The van der Waals surface area contributed by atoms with Crippen LogP contribution in [0.25, 0.3) is 0 Å². The van der Waals surface area contributed by atoms with Gasteiger partial charge in [0.25, 0.3) is 0 Å². The average molecular weight is 255 g/mol. The first-order chi connectivity index (χ1) is 9.15. The molecule has 0 aromatic heterocycles. The van der Waals surface area contributed by atoms with Crippen LogP contribution in [0.4, 0.5) is 5.69 Å². The molecule has 0 aliphatic carbocycles. The molecule has 2 aromatic rings. The highest BCUT2D eigenvalue weighted by atomic mass is 16.5. The average Bonchev–Trinajstić information content (AvgIpc) is 2.39. The Kier molecular flexibility index (Phi) is 4.45. The van der Waals surface area contributed by atoms with E-state index in [1.54, 1.807) is 0 Å². The number of nitrogens with one attached hydrogen (secondary N) is 1. The van der Waals surface area contributed by atoms with Crippen molar-refractivity contribution in [3.63, 3.8) is 0 Å². The maximum Gasteiger partial charge on any atom is 0.124 e. The lowest BCUT2D eigenvalue weighted by Crippen LogP contribution is -2.09. The van der Waals surface area contributed by atoms with Gasteiger partial charge in [0.15, 0.2) is 0 Å². The predicted molar refractivity (Wildman–Crippen MR) is 80.7 cm³/mol. The van der Waals surface area contributed by atoms with E-state index in [4.69, 9.17) is 4.74 Å². The number of benzene rings is 2. The summed E-state index contributed by atoms with van der Waals surface area (Å²) in [5, 5.41) is 3.42. The van der Waals surface area contributed by atoms with E-state index in [-0.39, 0.29) is 6.10 Å². The number of hydrogen-bond acceptors (Lipinski definition) is 2. The van der Waals surface area contributed by atoms with E-state index < -0.39 is 0 Å². The molecule has 2 nitrogen and oxygen atoms in total. The molecule has 1 N–H and O–H groups in total. The number of anilines is 1. The van der Waals surface area contributed by atoms with Gasteiger partial charge in [0.05, 0.1) is 6.10 Å². The second-order valence-corrected chi connectivity index (χ2v) is 4.99. The van der Waals surface area contributed by atoms with Crippen molar-refractivity contribution in [2.24, 2.45) is 0 Å². The molecular formula is C17H21NO. The van der Waals surface area contributed by atoms with Crippen LogP contribution >= 0.6 is 0 Å². The molecule has 0 aliphatic rings. The van der Waals surface area contributed by atoms with Crippen LogP contribution in [0.15, 0.2) is 48.5 Å². The Hall–Kier alpha value is -1.96. The van der Waals surface area contributed by atoms with Crippen LogP contribution in [0.3, 0.4) is 0 Å². The van der Waals surface area contributed by atoms with E-state index in [2.05, 4.69) is 42.6 Å². The van der Waals surface area contributed by atoms with Crippen LogP contribution in [0.1, 0.15) is 25.0 Å². The van der Waals surface area contributed by atoms with Crippen molar-refractivity contribution in [3.8, 4) is 5.75 Å². The molecule has 0 radical (unpaired) electrons. The van der Waals surface area contributed by atoms with Crippen LogP contribution in [0.2, 0.25) is 0 Å². The molecule has 0 heterocycles. The standard InChI is InChI=1S/C17H21NO/c1-13(2)19-17-7-5-4-6-15(17)12-18-16-10-8-14(3)9-11-16/h4-11,13,18H,12H2,1-3H3. The quantitative estimate of drug-likeness (QED) is 0.855. The molecule has 2 aromatic carbocycles. The fourth-order valence-corrected chi connectivity index (χ4v) is 1.89. The Balaban J connectivity index is 2.04. The first kappa shape index (κ1) is 13.5. The van der Waals surface area contributed by atoms with Gasteiger partial charge in [0.1, 0.15) is 5.75 Å². The number of aryl methyl sites for hydroxylation is 1. The van der Waals surface area contributed by atoms with E-state index >= 15 is 0 Å². The second kappa shape index (κ2) is 6.28. The van der Waals surface area contributed by atoms with Crippen molar-refractivity contribution in [2.75, 3.05) is 5.32 Å². The molecule has 0 amide bonds. The van der Waals surface area contributed by atoms with E-state index in [0.717, 1.165) is 18.0 Å². The monoisotopic (exact) mass is 255 g/mol. The van der Waals surface area contributed by atoms with Crippen molar-refractivity contribution in [1.82, 2.24) is 0 Å². The van der Waals surface area contributed by atoms with Crippen LogP contribution < -0.4 is 10.1 Å². The third kappa shape index (κ3) is 4.02. The Morgan fingerprint density at radius 2 is 1.68 bits per heavy atom. The minimum Gasteiger partial charge on any atom is -0.491 e. The molecule has 100 valence electrons. The van der Waals surface area contributed by atoms with Gasteiger partial charge in [-0.25, -0.2) is 0 Å². The van der Waals surface area contributed by atoms with Gasteiger partial charge in [-0.15, -0.1) is 0 Å². The topological polar surface area (TPSA) is 21.3 Å². The van der Waals surface area contributed by atoms with Gasteiger partial charge in [0, 0.05) is 17.8 Å². The molecule has 2 heteroatoms. The van der Waals surface area contributed by atoms with Crippen molar-refractivity contribution in [3.05, 3.63) is 59.7 Å². The Labute approximate surface area is 115 Å². The summed E-state index contributed by atoms with van der Waals surface area (Å²) < 4.78 is 5.81. The van der Waals surface area contributed by atoms with Gasteiger partial charge in [-0.05, 0) is 39.0 Å². The summed E-state index contributed by atoms with van der Waals surface area (Å²) in [6.07, 6.45) is 0.195. The van der Waals surface area contributed by atoms with Crippen LogP contribution in [0.5, 0.6) is 5.75 Å². The zero-order chi connectivity index (χ0) is 13.7. The fraction of sp³-hybridized carbons (Fsp3) is 0.294. The second-order valence-electron chi connectivity index (χ2n) is 4.99. The summed E-state index contributed by atoms with van der Waals surface area (Å²) in [6.45, 7) is 6.95. The maximum absolute atomic E-state index is 5.81. The summed E-state index contributed by atoms with van der Waals surface area (Å²) in [5.74, 6) is 0.956. The van der Waals surface area contributed by atoms with Crippen LogP contribution in [0, 0.1) is 6.92 Å². The molecule has 0 atom stereocenters. The van der Waals surface area contributed by atoms with E-state index in [9.17, 15) is 0 Å². The van der Waals surface area contributed by atoms with E-state index in [0.29, 0.717) is 0 Å². The highest BCUT2D eigenvalue weighted by Gasteiger charge is 2.04. The molecule has 0 unspecified atom stereocenters. The largest absolute Gasteiger partial charge is 0.491 e. The molecule has 0 spiro atoms. The van der Waals surface area contributed by atoms with Crippen LogP contribution in [-0.4, -0.2) is 6.10 Å². The SMILES string of the molecule is Cc1ccc(NCc2ccccc2OC(C)C)cc1. The van der Waals surface area contributed by atoms with Crippen molar-refractivity contribution in [2.45, 2.75) is 33.4 Å². The normalized spacial score (nSPS) is 10.5. The highest BCUT2D eigenvalue weighted by Crippen LogP contribution is 2.20. The summed E-state index contributed by atoms with van der Waals surface area (Å²) in [6, 6.07) is 16.6. The van der Waals surface area contributed by atoms with Gasteiger partial charge >= 0.3 is 0 Å². The smallest absolute Gasteiger partial charge is 0.124 e. The number of rotatable bonds is 5. The minimum atomic E-state index is 0.195. The maximum atomic E-state index is 5.81. The lowest BCUT2D eigenvalue weighted by Gasteiger charge is -2.15. The van der Waals surface area contributed by atoms with Gasteiger partial charge in [-0.2, -0.15) is 0 Å². The summed E-state index contributed by atoms with van der Waals surface area (Å²) in [4.78, 5) is 0. The molecule has 0 saturated heterocycles. The van der Waals surface area contributed by atoms with Crippen molar-refractivity contribution < 1.29 is 4.74 Å². The van der Waals surface area contributed by atoms with Gasteiger partial charge < -0.3 is 10.1 Å². The number of para-hydroxylation sites is 1. The zero-order valence-corrected chi connectivity index (χ0v) is 11.8. The third-order valence-corrected chi connectivity index (χ3v) is 2.87. The molecule has 0 fully saturated rings. The number of ether oxygens (including phenoxy) is 1. The molecule has 0 saturated carbocycles. The van der Waals surface area contributed by atoms with Crippen LogP contribution in [-0.2, 0) is 6.54 Å². The summed E-state index contributed by atoms with van der Waals surface area (Å²) in [7, 11) is 0. The molecular weight excluding hydrogens is 234 g/mol. The molecule has 19 heavy (non-hydrogen) atoms. The van der Waals surface area contributed by atoms with Gasteiger partial charge in [-0.1, -0.05) is 35.9 Å². The first-order valence-electron chi connectivity index (χ1n) is 6.70. The van der Waals surface area contributed by atoms with Gasteiger partial charge in [0.2, 0.25) is 0 Å². The zero-order valence-electron chi connectivity index (χ0n) is 11.8. The first-order valence-corrected chi connectivity index (χ1v) is 6.70. The van der Waals surface area contributed by atoms with E-state index in [1.807, 2.05) is 32.0 Å². The lowest BCUT2D eigenvalue weighted by molar-refractivity contribution is 0.240. The molecule has 2 rings (SSSR count). The van der Waals surface area contributed by atoms with E-state index in [1.165, 1.54) is 11.1 Å². The predicted octanol–water partition coefficient (Wildman–Crippen LogP) is 4.39. The molecule has 0 aliphatic heterocycles. The Morgan fingerprint density at radius 1 is 1.00 bits per heavy atom.